The van der Waals surface area contributed by atoms with Gasteiger partial charge >= 0.3 is 0 Å². The summed E-state index contributed by atoms with van der Waals surface area (Å²) in [5.41, 5.74) is 1.40. The van der Waals surface area contributed by atoms with Crippen molar-refractivity contribution >= 4 is 41.3 Å². The van der Waals surface area contributed by atoms with E-state index in [4.69, 9.17) is 12.2 Å². The molecule has 1 heterocycles. The lowest BCUT2D eigenvalue weighted by atomic mass is 10.2. The van der Waals surface area contributed by atoms with Gasteiger partial charge in [0.2, 0.25) is 7.29 Å². The highest BCUT2D eigenvalue weighted by Crippen LogP contribution is 2.64. The van der Waals surface area contributed by atoms with E-state index in [1.54, 1.807) is 16.8 Å². The molecule has 0 spiro atoms. The molecule has 1 saturated heterocycles. The Hall–Kier alpha value is -3.02. The number of nitrogens with one attached hydrogen (secondary N) is 1. The summed E-state index contributed by atoms with van der Waals surface area (Å²) in [7, 11) is -3.27. The summed E-state index contributed by atoms with van der Waals surface area (Å²) in [6.45, 7) is 0. The van der Waals surface area contributed by atoms with Crippen molar-refractivity contribution in [3.05, 3.63) is 101 Å². The molecule has 1 N–H and O–H groups in total. The van der Waals surface area contributed by atoms with Crippen LogP contribution in [0, 0.1) is 10.1 Å². The first-order valence-electron chi connectivity index (χ1n) is 8.57. The Labute approximate surface area is 167 Å². The highest BCUT2D eigenvalue weighted by molar-refractivity contribution is 7.84. The van der Waals surface area contributed by atoms with Crippen molar-refractivity contribution in [3.63, 3.8) is 0 Å². The Morgan fingerprint density at radius 3 is 2.07 bits per heavy atom. The molecule has 0 aliphatic carbocycles. The van der Waals surface area contributed by atoms with Gasteiger partial charge in [-0.05, 0) is 54.2 Å². The second-order valence-electron chi connectivity index (χ2n) is 6.31. The average molecular weight is 409 g/mol. The van der Waals surface area contributed by atoms with Crippen molar-refractivity contribution in [2.45, 2.75) is 5.78 Å². The van der Waals surface area contributed by atoms with E-state index in [0.717, 1.165) is 5.69 Å². The summed E-state index contributed by atoms with van der Waals surface area (Å²) < 4.78 is 16.2. The zero-order valence-corrected chi connectivity index (χ0v) is 16.3. The fraction of sp³-hybridized carbons (Fsp3) is 0.0500. The van der Waals surface area contributed by atoms with Gasteiger partial charge in [-0.3, -0.25) is 19.3 Å². The molecule has 0 bridgehead atoms. The largest absolute Gasteiger partial charge is 0.346 e. The summed E-state index contributed by atoms with van der Waals surface area (Å²) in [5, 5.41) is 15.2. The molecule has 4 rings (SSSR count). The predicted molar refractivity (Wildman–Crippen MR) is 114 cm³/mol. The molecule has 8 heteroatoms. The number of hydrogen-bond donors (Lipinski definition) is 1. The van der Waals surface area contributed by atoms with Crippen molar-refractivity contribution in [2.75, 3.05) is 4.67 Å². The number of nitrogens with zero attached hydrogens (tertiary/aromatic N) is 2. The molecule has 1 fully saturated rings. The lowest BCUT2D eigenvalue weighted by molar-refractivity contribution is -0.384. The van der Waals surface area contributed by atoms with E-state index >= 15 is 0 Å². The first kappa shape index (κ1) is 18.3. The maximum absolute atomic E-state index is 14.5. The molecular weight excluding hydrogens is 393 g/mol. The Kier molecular flexibility index (Phi) is 4.71. The van der Waals surface area contributed by atoms with Gasteiger partial charge < -0.3 is 5.32 Å². The average Bonchev–Trinajstić information content (AvgIpc) is 3.01. The Morgan fingerprint density at radius 2 is 1.50 bits per heavy atom. The van der Waals surface area contributed by atoms with Gasteiger partial charge in [-0.2, -0.15) is 0 Å². The molecule has 0 saturated carbocycles. The van der Waals surface area contributed by atoms with Crippen LogP contribution in [0.25, 0.3) is 0 Å². The molecule has 140 valence electrons. The highest BCUT2D eigenvalue weighted by atomic mass is 32.1. The number of rotatable bonds is 4. The molecule has 0 aromatic heterocycles. The zero-order chi connectivity index (χ0) is 19.7. The normalized spacial score (nSPS) is 21.4. The lowest BCUT2D eigenvalue weighted by Gasteiger charge is -2.28. The molecular formula is C20H16N3O3PS. The van der Waals surface area contributed by atoms with Crippen LogP contribution in [0.4, 0.5) is 11.4 Å². The molecule has 28 heavy (non-hydrogen) atoms. The van der Waals surface area contributed by atoms with Gasteiger partial charge in [-0.1, -0.05) is 36.4 Å². The summed E-state index contributed by atoms with van der Waals surface area (Å²) >= 11 is 5.55. The van der Waals surface area contributed by atoms with Crippen molar-refractivity contribution in [1.82, 2.24) is 5.32 Å². The van der Waals surface area contributed by atoms with Crippen molar-refractivity contribution in [1.29, 1.82) is 0 Å². The van der Waals surface area contributed by atoms with E-state index in [-0.39, 0.29) is 5.69 Å². The number of anilines is 1. The Balaban J connectivity index is 1.87. The van der Waals surface area contributed by atoms with Crippen molar-refractivity contribution in [3.8, 4) is 0 Å². The third-order valence-corrected chi connectivity index (χ3v) is 8.27. The van der Waals surface area contributed by atoms with Crippen LogP contribution in [0.1, 0.15) is 11.3 Å². The molecule has 1 aliphatic rings. The third-order valence-electron chi connectivity index (χ3n) is 4.65. The van der Waals surface area contributed by atoms with Gasteiger partial charge in [0.25, 0.3) is 5.69 Å². The van der Waals surface area contributed by atoms with E-state index in [9.17, 15) is 14.7 Å². The van der Waals surface area contributed by atoms with Crippen LogP contribution in [0.3, 0.4) is 0 Å². The van der Waals surface area contributed by atoms with Crippen LogP contribution in [0.5, 0.6) is 0 Å². The smallest absolute Gasteiger partial charge is 0.269 e. The molecule has 3 aromatic carbocycles. The van der Waals surface area contributed by atoms with Crippen LogP contribution < -0.4 is 15.3 Å². The molecule has 6 nitrogen and oxygen atoms in total. The number of thiocarbonyl (C=S) groups is 1. The fourth-order valence-corrected chi connectivity index (χ4v) is 7.06. The maximum Gasteiger partial charge on any atom is 0.269 e. The number of nitro benzene ring substituents is 1. The zero-order valence-electron chi connectivity index (χ0n) is 14.6. The first-order chi connectivity index (χ1) is 13.5. The van der Waals surface area contributed by atoms with Crippen LogP contribution >= 0.6 is 19.5 Å². The van der Waals surface area contributed by atoms with Crippen molar-refractivity contribution < 1.29 is 9.49 Å². The number of benzene rings is 3. The minimum Gasteiger partial charge on any atom is -0.346 e. The summed E-state index contributed by atoms with van der Waals surface area (Å²) in [5.74, 6) is -0.608. The van der Waals surface area contributed by atoms with E-state index in [1.165, 1.54) is 12.1 Å². The topological polar surface area (TPSA) is 75.5 Å². The molecule has 0 radical (unpaired) electrons. The van der Waals surface area contributed by atoms with Gasteiger partial charge in [0, 0.05) is 17.4 Å². The maximum atomic E-state index is 14.5. The number of para-hydroxylation sites is 1. The van der Waals surface area contributed by atoms with E-state index in [1.807, 2.05) is 60.7 Å². The predicted octanol–water partition coefficient (Wildman–Crippen LogP) is 4.59. The second kappa shape index (κ2) is 7.19. The highest BCUT2D eigenvalue weighted by Gasteiger charge is 2.50. The minimum atomic E-state index is -3.27. The molecule has 0 amide bonds. The molecule has 1 aliphatic heterocycles. The summed E-state index contributed by atoms with van der Waals surface area (Å²) in [4.78, 5) is 10.5. The SMILES string of the molecule is O=[N+]([O-])c1ccc([C@H]2NC(=S)N(c3ccccc3)[P@]2(=O)c2ccccc2)cc1. The number of hydrogen-bond acceptors (Lipinski definition) is 4. The summed E-state index contributed by atoms with van der Waals surface area (Å²) in [6.07, 6.45) is 0. The Bertz CT molecular complexity index is 1070. The van der Waals surface area contributed by atoms with Gasteiger partial charge in [-0.15, -0.1) is 0 Å². The van der Waals surface area contributed by atoms with E-state index in [0.29, 0.717) is 16.0 Å². The van der Waals surface area contributed by atoms with E-state index < -0.39 is 18.0 Å². The lowest BCUT2D eigenvalue weighted by Crippen LogP contribution is -2.27. The fourth-order valence-electron chi connectivity index (χ4n) is 3.34. The Morgan fingerprint density at radius 1 is 0.929 bits per heavy atom. The van der Waals surface area contributed by atoms with Crippen LogP contribution in [-0.4, -0.2) is 10.0 Å². The molecule has 2 atom stereocenters. The van der Waals surface area contributed by atoms with Crippen molar-refractivity contribution in [2.24, 2.45) is 0 Å². The third kappa shape index (κ3) is 2.99. The van der Waals surface area contributed by atoms with E-state index in [2.05, 4.69) is 5.32 Å². The van der Waals surface area contributed by atoms with Gasteiger partial charge in [0.15, 0.2) is 5.11 Å². The molecule has 0 unspecified atom stereocenters. The molecule has 3 aromatic rings. The summed E-state index contributed by atoms with van der Waals surface area (Å²) in [6, 6.07) is 24.6. The number of non-ortho nitro benzene ring substituents is 1. The van der Waals surface area contributed by atoms with Gasteiger partial charge in [-0.25, -0.2) is 0 Å². The van der Waals surface area contributed by atoms with Crippen LogP contribution in [0.2, 0.25) is 0 Å². The second-order valence-corrected chi connectivity index (χ2v) is 9.37. The van der Waals surface area contributed by atoms with Crippen LogP contribution in [-0.2, 0) is 4.57 Å². The van der Waals surface area contributed by atoms with Crippen LogP contribution in [0.15, 0.2) is 84.9 Å². The standard InChI is InChI=1S/C20H16N3O3PS/c24-23(25)17-13-11-15(12-14-17)19-21-20(28)22(16-7-3-1-4-8-16)27(19,26)18-9-5-2-6-10-18/h1-14,19H,(H,21,28)/t19-,27-/m0/s1. The quantitative estimate of drug-likeness (QED) is 0.294. The van der Waals surface area contributed by atoms with Gasteiger partial charge in [0.05, 0.1) is 10.6 Å². The number of nitro groups is 1. The first-order valence-corrected chi connectivity index (χ1v) is 10.7. The van der Waals surface area contributed by atoms with Gasteiger partial charge in [0.1, 0.15) is 5.78 Å². The minimum absolute atomic E-state index is 0.0150. The monoisotopic (exact) mass is 409 g/mol.